The van der Waals surface area contributed by atoms with Gasteiger partial charge >= 0.3 is 0 Å². The number of nitrogens with zero attached hydrogens (tertiary/aromatic N) is 1. The van der Waals surface area contributed by atoms with Crippen LogP contribution in [-0.2, 0) is 0 Å². The average Bonchev–Trinajstić information content (AvgIpc) is 2.38. The van der Waals surface area contributed by atoms with Crippen molar-refractivity contribution in [1.29, 1.82) is 0 Å². The summed E-state index contributed by atoms with van der Waals surface area (Å²) in [5, 5.41) is 3.59. The molecule has 1 aromatic heterocycles. The smallest absolute Gasteiger partial charge is 0.126 e. The summed E-state index contributed by atoms with van der Waals surface area (Å²) >= 11 is 0. The minimum atomic E-state index is 0.607. The normalized spacial score (nSPS) is 19.3. The van der Waals surface area contributed by atoms with Gasteiger partial charge in [-0.2, -0.15) is 0 Å². The lowest BCUT2D eigenvalue weighted by Crippen LogP contribution is -2.30. The van der Waals surface area contributed by atoms with E-state index in [9.17, 15) is 0 Å². The summed E-state index contributed by atoms with van der Waals surface area (Å²) in [5.74, 6) is 1.88. The number of anilines is 1. The van der Waals surface area contributed by atoms with Gasteiger partial charge in [-0.15, -0.1) is 0 Å². The predicted molar refractivity (Wildman–Crippen MR) is 68.5 cm³/mol. The van der Waals surface area contributed by atoms with E-state index in [-0.39, 0.29) is 0 Å². The molecule has 2 nitrogen and oxygen atoms in total. The average molecular weight is 218 g/mol. The number of rotatable bonds is 4. The lowest BCUT2D eigenvalue weighted by Gasteiger charge is -2.30. The number of pyridine rings is 1. The van der Waals surface area contributed by atoms with Crippen molar-refractivity contribution in [3.63, 3.8) is 0 Å². The number of hydrogen-bond acceptors (Lipinski definition) is 2. The molecule has 88 valence electrons. The van der Waals surface area contributed by atoms with Crippen LogP contribution in [-0.4, -0.2) is 11.0 Å². The second-order valence-corrected chi connectivity index (χ2v) is 4.77. The van der Waals surface area contributed by atoms with Gasteiger partial charge in [-0.1, -0.05) is 32.3 Å². The first kappa shape index (κ1) is 11.4. The fourth-order valence-electron chi connectivity index (χ4n) is 2.73. The van der Waals surface area contributed by atoms with E-state index in [2.05, 4.69) is 23.3 Å². The van der Waals surface area contributed by atoms with E-state index in [0.717, 1.165) is 11.7 Å². The minimum Gasteiger partial charge on any atom is -0.367 e. The van der Waals surface area contributed by atoms with Crippen molar-refractivity contribution < 1.29 is 0 Å². The second-order valence-electron chi connectivity index (χ2n) is 4.77. The molecule has 16 heavy (non-hydrogen) atoms. The summed E-state index contributed by atoms with van der Waals surface area (Å²) in [4.78, 5) is 4.35. The highest BCUT2D eigenvalue weighted by Gasteiger charge is 2.22. The molecule has 1 saturated carbocycles. The molecule has 1 unspecified atom stereocenters. The molecular formula is C14H22N2. The highest BCUT2D eigenvalue weighted by Crippen LogP contribution is 2.29. The Kier molecular flexibility index (Phi) is 4.20. The maximum absolute atomic E-state index is 4.35. The monoisotopic (exact) mass is 218 g/mol. The van der Waals surface area contributed by atoms with Crippen LogP contribution in [0.4, 0.5) is 5.82 Å². The van der Waals surface area contributed by atoms with Crippen molar-refractivity contribution in [3.8, 4) is 0 Å². The Morgan fingerprint density at radius 2 is 2.12 bits per heavy atom. The van der Waals surface area contributed by atoms with Crippen LogP contribution in [0.25, 0.3) is 0 Å². The summed E-state index contributed by atoms with van der Waals surface area (Å²) in [6, 6.07) is 6.68. The van der Waals surface area contributed by atoms with Gasteiger partial charge in [0.25, 0.3) is 0 Å². The number of aromatic nitrogens is 1. The molecule has 1 atom stereocenters. The number of nitrogens with one attached hydrogen (secondary N) is 1. The van der Waals surface area contributed by atoms with Crippen LogP contribution in [0.15, 0.2) is 24.4 Å². The Bertz CT molecular complexity index is 291. The molecule has 0 saturated heterocycles. The van der Waals surface area contributed by atoms with E-state index in [1.807, 2.05) is 18.3 Å². The molecule has 1 fully saturated rings. The molecule has 0 spiro atoms. The van der Waals surface area contributed by atoms with Crippen LogP contribution in [0.5, 0.6) is 0 Å². The lowest BCUT2D eigenvalue weighted by molar-refractivity contribution is 0.312. The summed E-state index contributed by atoms with van der Waals surface area (Å²) in [6.45, 7) is 2.27. The summed E-state index contributed by atoms with van der Waals surface area (Å²) in [5.41, 5.74) is 0. The zero-order valence-corrected chi connectivity index (χ0v) is 10.2. The molecule has 1 heterocycles. The molecule has 0 bridgehead atoms. The van der Waals surface area contributed by atoms with E-state index in [0.29, 0.717) is 6.04 Å². The van der Waals surface area contributed by atoms with Gasteiger partial charge in [-0.05, 0) is 37.3 Å². The molecule has 0 amide bonds. The Morgan fingerprint density at radius 3 is 2.75 bits per heavy atom. The minimum absolute atomic E-state index is 0.607. The Hall–Kier alpha value is -1.05. The van der Waals surface area contributed by atoms with Crippen molar-refractivity contribution in [2.75, 3.05) is 5.32 Å². The van der Waals surface area contributed by atoms with Gasteiger partial charge in [0.15, 0.2) is 0 Å². The molecule has 2 heteroatoms. The van der Waals surface area contributed by atoms with Crippen LogP contribution in [0, 0.1) is 5.92 Å². The first-order valence-electron chi connectivity index (χ1n) is 6.57. The lowest BCUT2D eigenvalue weighted by atomic mass is 9.83. The maximum atomic E-state index is 4.35. The fourth-order valence-corrected chi connectivity index (χ4v) is 2.73. The molecular weight excluding hydrogens is 196 g/mol. The van der Waals surface area contributed by atoms with Gasteiger partial charge in [0.2, 0.25) is 0 Å². The third-order valence-corrected chi connectivity index (χ3v) is 3.66. The van der Waals surface area contributed by atoms with Gasteiger partial charge in [0.1, 0.15) is 5.82 Å². The van der Waals surface area contributed by atoms with Gasteiger partial charge in [-0.3, -0.25) is 0 Å². The zero-order chi connectivity index (χ0) is 11.2. The summed E-state index contributed by atoms with van der Waals surface area (Å²) < 4.78 is 0. The second kappa shape index (κ2) is 5.88. The van der Waals surface area contributed by atoms with Crippen molar-refractivity contribution in [1.82, 2.24) is 4.98 Å². The molecule has 0 aromatic carbocycles. The molecule has 1 aromatic rings. The Balaban J connectivity index is 1.94. The van der Waals surface area contributed by atoms with E-state index >= 15 is 0 Å². The molecule has 1 aliphatic rings. The van der Waals surface area contributed by atoms with E-state index in [4.69, 9.17) is 0 Å². The van der Waals surface area contributed by atoms with Crippen LogP contribution < -0.4 is 5.32 Å². The highest BCUT2D eigenvalue weighted by atomic mass is 15.0. The van der Waals surface area contributed by atoms with Crippen LogP contribution >= 0.6 is 0 Å². The van der Waals surface area contributed by atoms with Crippen molar-refractivity contribution in [2.45, 2.75) is 51.5 Å². The standard InChI is InChI=1S/C14H22N2/c1-2-13(12-8-4-3-5-9-12)16-14-10-6-7-11-15-14/h6-7,10-13H,2-5,8-9H2,1H3,(H,15,16). The summed E-state index contributed by atoms with van der Waals surface area (Å²) in [6.07, 6.45) is 10.1. The van der Waals surface area contributed by atoms with Crippen molar-refractivity contribution >= 4 is 5.82 Å². The van der Waals surface area contributed by atoms with Crippen molar-refractivity contribution in [3.05, 3.63) is 24.4 Å². The Morgan fingerprint density at radius 1 is 1.31 bits per heavy atom. The van der Waals surface area contributed by atoms with Crippen LogP contribution in [0.3, 0.4) is 0 Å². The third-order valence-electron chi connectivity index (χ3n) is 3.66. The van der Waals surface area contributed by atoms with Crippen LogP contribution in [0.2, 0.25) is 0 Å². The van der Waals surface area contributed by atoms with E-state index in [1.165, 1.54) is 38.5 Å². The first-order chi connectivity index (χ1) is 7.90. The van der Waals surface area contributed by atoms with Gasteiger partial charge in [0, 0.05) is 12.2 Å². The molecule has 0 aliphatic heterocycles. The highest BCUT2D eigenvalue weighted by molar-refractivity contribution is 5.34. The number of hydrogen-bond donors (Lipinski definition) is 1. The molecule has 1 aliphatic carbocycles. The van der Waals surface area contributed by atoms with E-state index < -0.39 is 0 Å². The van der Waals surface area contributed by atoms with Gasteiger partial charge in [-0.25, -0.2) is 4.98 Å². The topological polar surface area (TPSA) is 24.9 Å². The molecule has 1 N–H and O–H groups in total. The SMILES string of the molecule is CCC(Nc1ccccn1)C1CCCCC1. The zero-order valence-electron chi connectivity index (χ0n) is 10.2. The Labute approximate surface area is 98.5 Å². The van der Waals surface area contributed by atoms with Crippen LogP contribution in [0.1, 0.15) is 45.4 Å². The fraction of sp³-hybridized carbons (Fsp3) is 0.643. The molecule has 0 radical (unpaired) electrons. The maximum Gasteiger partial charge on any atom is 0.126 e. The van der Waals surface area contributed by atoms with Gasteiger partial charge < -0.3 is 5.32 Å². The summed E-state index contributed by atoms with van der Waals surface area (Å²) in [7, 11) is 0. The third kappa shape index (κ3) is 2.97. The van der Waals surface area contributed by atoms with Gasteiger partial charge in [0.05, 0.1) is 0 Å². The predicted octanol–water partition coefficient (Wildman–Crippen LogP) is 3.85. The molecule has 2 rings (SSSR count). The van der Waals surface area contributed by atoms with Crippen molar-refractivity contribution in [2.24, 2.45) is 5.92 Å². The van der Waals surface area contributed by atoms with E-state index in [1.54, 1.807) is 0 Å². The first-order valence-corrected chi connectivity index (χ1v) is 6.57. The largest absolute Gasteiger partial charge is 0.367 e. The quantitative estimate of drug-likeness (QED) is 0.830.